The minimum Gasteiger partial charge on any atom is -0.385 e. The predicted molar refractivity (Wildman–Crippen MR) is 60.0 cm³/mol. The van der Waals surface area contributed by atoms with Crippen molar-refractivity contribution in [2.24, 2.45) is 0 Å². The molecule has 0 bridgehead atoms. The minimum absolute atomic E-state index is 0.623. The summed E-state index contributed by atoms with van der Waals surface area (Å²) in [4.78, 5) is 0. The van der Waals surface area contributed by atoms with Gasteiger partial charge in [0.05, 0.1) is 17.3 Å². The maximum atomic E-state index is 10.5. The molecule has 84 valence electrons. The number of rotatable bonds is 1. The summed E-state index contributed by atoms with van der Waals surface area (Å²) >= 11 is 0. The van der Waals surface area contributed by atoms with E-state index in [1.54, 1.807) is 6.20 Å². The standard InChI is InChI=1S/C12H14N2O2/c15-12(3-5-16-6-4-12)10-2-1-9-8-13-14-11(9)7-10/h1-2,7-8,15H,3-6H2,(H,13,14). The number of aromatic amines is 1. The molecule has 2 N–H and O–H groups in total. The van der Waals surface area contributed by atoms with Gasteiger partial charge in [-0.25, -0.2) is 0 Å². The first-order chi connectivity index (χ1) is 7.78. The van der Waals surface area contributed by atoms with Crippen LogP contribution in [0, 0.1) is 0 Å². The van der Waals surface area contributed by atoms with Gasteiger partial charge in [0.15, 0.2) is 0 Å². The van der Waals surface area contributed by atoms with Crippen LogP contribution in [-0.2, 0) is 10.3 Å². The molecule has 1 fully saturated rings. The SMILES string of the molecule is OC1(c2ccc3cn[nH]c3c2)CCOCC1. The highest BCUT2D eigenvalue weighted by atomic mass is 16.5. The molecular weight excluding hydrogens is 204 g/mol. The van der Waals surface area contributed by atoms with Gasteiger partial charge in [0.25, 0.3) is 0 Å². The van der Waals surface area contributed by atoms with Crippen molar-refractivity contribution in [3.05, 3.63) is 30.0 Å². The van der Waals surface area contributed by atoms with Crippen LogP contribution in [0.1, 0.15) is 18.4 Å². The van der Waals surface area contributed by atoms with Crippen LogP contribution in [-0.4, -0.2) is 28.5 Å². The lowest BCUT2D eigenvalue weighted by Crippen LogP contribution is -2.33. The Bertz CT molecular complexity index is 500. The average molecular weight is 218 g/mol. The maximum absolute atomic E-state index is 10.5. The average Bonchev–Trinajstić information content (AvgIpc) is 2.77. The molecule has 0 spiro atoms. The minimum atomic E-state index is -0.739. The molecule has 1 aromatic carbocycles. The van der Waals surface area contributed by atoms with Gasteiger partial charge < -0.3 is 9.84 Å². The number of hydrogen-bond acceptors (Lipinski definition) is 3. The molecule has 1 aromatic heterocycles. The van der Waals surface area contributed by atoms with Gasteiger partial charge in [0, 0.05) is 31.4 Å². The molecular formula is C12H14N2O2. The fourth-order valence-corrected chi connectivity index (χ4v) is 2.22. The van der Waals surface area contributed by atoms with Crippen molar-refractivity contribution >= 4 is 10.9 Å². The van der Waals surface area contributed by atoms with Crippen LogP contribution in [0.2, 0.25) is 0 Å². The van der Waals surface area contributed by atoms with Crippen molar-refractivity contribution < 1.29 is 9.84 Å². The van der Waals surface area contributed by atoms with E-state index in [4.69, 9.17) is 4.74 Å². The Labute approximate surface area is 93.2 Å². The Morgan fingerprint density at radius 1 is 1.31 bits per heavy atom. The second-order valence-electron chi connectivity index (χ2n) is 4.32. The van der Waals surface area contributed by atoms with Crippen molar-refractivity contribution in [2.75, 3.05) is 13.2 Å². The molecule has 0 saturated carbocycles. The lowest BCUT2D eigenvalue weighted by atomic mass is 9.86. The number of benzene rings is 1. The first-order valence-corrected chi connectivity index (χ1v) is 5.52. The molecule has 0 unspecified atom stereocenters. The third kappa shape index (κ3) is 1.50. The largest absolute Gasteiger partial charge is 0.385 e. The number of aromatic nitrogens is 2. The molecule has 1 aliphatic heterocycles. The maximum Gasteiger partial charge on any atom is 0.0941 e. The molecule has 4 heteroatoms. The van der Waals surface area contributed by atoms with Crippen LogP contribution in [0.3, 0.4) is 0 Å². The molecule has 0 atom stereocenters. The fourth-order valence-electron chi connectivity index (χ4n) is 2.22. The summed E-state index contributed by atoms with van der Waals surface area (Å²) in [6.45, 7) is 1.25. The van der Waals surface area contributed by atoms with Crippen molar-refractivity contribution in [3.63, 3.8) is 0 Å². The zero-order valence-corrected chi connectivity index (χ0v) is 8.94. The summed E-state index contributed by atoms with van der Waals surface area (Å²) in [7, 11) is 0. The van der Waals surface area contributed by atoms with Gasteiger partial charge in [0.2, 0.25) is 0 Å². The van der Waals surface area contributed by atoms with Gasteiger partial charge in [-0.05, 0) is 11.6 Å². The molecule has 0 aliphatic carbocycles. The van der Waals surface area contributed by atoms with E-state index in [0.29, 0.717) is 26.1 Å². The Kier molecular flexibility index (Phi) is 2.19. The molecule has 2 heterocycles. The van der Waals surface area contributed by atoms with E-state index in [0.717, 1.165) is 16.5 Å². The first kappa shape index (κ1) is 9.81. The molecule has 1 saturated heterocycles. The van der Waals surface area contributed by atoms with Crippen LogP contribution in [0.5, 0.6) is 0 Å². The summed E-state index contributed by atoms with van der Waals surface area (Å²) in [6, 6.07) is 5.94. The molecule has 1 aliphatic rings. The monoisotopic (exact) mass is 218 g/mol. The second-order valence-corrected chi connectivity index (χ2v) is 4.32. The zero-order chi connectivity index (χ0) is 11.0. The Morgan fingerprint density at radius 2 is 2.12 bits per heavy atom. The van der Waals surface area contributed by atoms with E-state index in [1.165, 1.54) is 0 Å². The highest BCUT2D eigenvalue weighted by molar-refractivity contribution is 5.78. The number of H-pyrrole nitrogens is 1. The number of ether oxygens (including phenoxy) is 1. The molecule has 0 radical (unpaired) electrons. The predicted octanol–water partition coefficient (Wildman–Crippen LogP) is 1.56. The van der Waals surface area contributed by atoms with E-state index in [9.17, 15) is 5.11 Å². The van der Waals surface area contributed by atoms with Crippen LogP contribution < -0.4 is 0 Å². The summed E-state index contributed by atoms with van der Waals surface area (Å²) < 4.78 is 5.28. The highest BCUT2D eigenvalue weighted by Crippen LogP contribution is 2.32. The second kappa shape index (κ2) is 3.57. The first-order valence-electron chi connectivity index (χ1n) is 5.52. The number of nitrogens with one attached hydrogen (secondary N) is 1. The van der Waals surface area contributed by atoms with Crippen LogP contribution in [0.15, 0.2) is 24.4 Å². The van der Waals surface area contributed by atoms with Gasteiger partial charge in [-0.15, -0.1) is 0 Å². The van der Waals surface area contributed by atoms with Crippen molar-refractivity contribution in [1.29, 1.82) is 0 Å². The lowest BCUT2D eigenvalue weighted by molar-refractivity contribution is -0.0678. The van der Waals surface area contributed by atoms with E-state index in [-0.39, 0.29) is 0 Å². The topological polar surface area (TPSA) is 58.1 Å². The zero-order valence-electron chi connectivity index (χ0n) is 8.94. The van der Waals surface area contributed by atoms with Crippen LogP contribution >= 0.6 is 0 Å². The van der Waals surface area contributed by atoms with Gasteiger partial charge in [0.1, 0.15) is 0 Å². The summed E-state index contributed by atoms with van der Waals surface area (Å²) in [5, 5.41) is 18.5. The number of fused-ring (bicyclic) bond motifs is 1. The van der Waals surface area contributed by atoms with E-state index in [2.05, 4.69) is 10.2 Å². The van der Waals surface area contributed by atoms with Crippen LogP contribution in [0.4, 0.5) is 0 Å². The molecule has 0 amide bonds. The van der Waals surface area contributed by atoms with Crippen molar-refractivity contribution in [1.82, 2.24) is 10.2 Å². The Hall–Kier alpha value is -1.39. The van der Waals surface area contributed by atoms with Gasteiger partial charge in [-0.1, -0.05) is 12.1 Å². The van der Waals surface area contributed by atoms with E-state index < -0.39 is 5.60 Å². The van der Waals surface area contributed by atoms with Gasteiger partial charge >= 0.3 is 0 Å². The van der Waals surface area contributed by atoms with Gasteiger partial charge in [-0.3, -0.25) is 5.10 Å². The molecule has 2 aromatic rings. The highest BCUT2D eigenvalue weighted by Gasteiger charge is 2.31. The summed E-state index contributed by atoms with van der Waals surface area (Å²) in [5.41, 5.74) is 1.18. The van der Waals surface area contributed by atoms with Crippen molar-refractivity contribution in [2.45, 2.75) is 18.4 Å². The molecule has 3 rings (SSSR count). The molecule has 16 heavy (non-hydrogen) atoms. The smallest absolute Gasteiger partial charge is 0.0941 e. The fraction of sp³-hybridized carbons (Fsp3) is 0.417. The molecule has 4 nitrogen and oxygen atoms in total. The number of hydrogen-bond donors (Lipinski definition) is 2. The van der Waals surface area contributed by atoms with Crippen LogP contribution in [0.25, 0.3) is 10.9 Å². The quantitative estimate of drug-likeness (QED) is 0.763. The van der Waals surface area contributed by atoms with Crippen molar-refractivity contribution in [3.8, 4) is 0 Å². The summed E-state index contributed by atoms with van der Waals surface area (Å²) in [5.74, 6) is 0. The third-order valence-electron chi connectivity index (χ3n) is 3.30. The normalized spacial score (nSPS) is 20.1. The lowest BCUT2D eigenvalue weighted by Gasteiger charge is -2.32. The van der Waals surface area contributed by atoms with E-state index in [1.807, 2.05) is 18.2 Å². The summed E-state index contributed by atoms with van der Waals surface area (Å²) in [6.07, 6.45) is 3.10. The Balaban J connectivity index is 2.03. The van der Waals surface area contributed by atoms with E-state index >= 15 is 0 Å². The third-order valence-corrected chi connectivity index (χ3v) is 3.30. The number of nitrogens with zero attached hydrogens (tertiary/aromatic N) is 1. The Morgan fingerprint density at radius 3 is 2.94 bits per heavy atom. The van der Waals surface area contributed by atoms with Gasteiger partial charge in [-0.2, -0.15) is 5.10 Å². The number of aliphatic hydroxyl groups is 1.